The van der Waals surface area contributed by atoms with Crippen LogP contribution in [0.3, 0.4) is 0 Å². The van der Waals surface area contributed by atoms with Crippen LogP contribution in [-0.4, -0.2) is 24.9 Å². The van der Waals surface area contributed by atoms with Gasteiger partial charge in [0.2, 0.25) is 11.8 Å². The van der Waals surface area contributed by atoms with Crippen LogP contribution in [-0.2, 0) is 9.59 Å². The Morgan fingerprint density at radius 3 is 2.65 bits per heavy atom. The molecule has 108 valence electrons. The second-order valence-electron chi connectivity index (χ2n) is 4.11. The standard InChI is InChI=1S/C14H16F2N2O2/c1-3-7-17-14(20)6-8-18(10(2)19)13-5-4-11(15)9-12(13)16/h3-5,9H,1,6-8H2,2H3,(H,17,20). The number of carbonyl (C=O) groups excluding carboxylic acids is 2. The van der Waals surface area contributed by atoms with E-state index in [0.29, 0.717) is 12.6 Å². The molecule has 0 heterocycles. The largest absolute Gasteiger partial charge is 0.353 e. The number of rotatable bonds is 6. The fourth-order valence-corrected chi connectivity index (χ4v) is 1.64. The van der Waals surface area contributed by atoms with E-state index in [1.54, 1.807) is 0 Å². The minimum Gasteiger partial charge on any atom is -0.353 e. The molecule has 0 saturated heterocycles. The first-order chi connectivity index (χ1) is 9.45. The highest BCUT2D eigenvalue weighted by Crippen LogP contribution is 2.20. The van der Waals surface area contributed by atoms with Gasteiger partial charge in [-0.3, -0.25) is 9.59 Å². The number of benzene rings is 1. The van der Waals surface area contributed by atoms with E-state index in [1.807, 2.05) is 0 Å². The number of amides is 2. The van der Waals surface area contributed by atoms with Gasteiger partial charge in [0, 0.05) is 32.5 Å². The van der Waals surface area contributed by atoms with Gasteiger partial charge in [-0.25, -0.2) is 8.78 Å². The van der Waals surface area contributed by atoms with E-state index in [0.717, 1.165) is 11.0 Å². The van der Waals surface area contributed by atoms with Gasteiger partial charge in [-0.1, -0.05) is 6.08 Å². The van der Waals surface area contributed by atoms with Gasteiger partial charge in [0.25, 0.3) is 0 Å². The summed E-state index contributed by atoms with van der Waals surface area (Å²) in [6.45, 7) is 5.05. The first-order valence-electron chi connectivity index (χ1n) is 6.06. The van der Waals surface area contributed by atoms with Gasteiger partial charge in [-0.2, -0.15) is 0 Å². The zero-order chi connectivity index (χ0) is 15.1. The first-order valence-corrected chi connectivity index (χ1v) is 6.06. The lowest BCUT2D eigenvalue weighted by Gasteiger charge is -2.21. The summed E-state index contributed by atoms with van der Waals surface area (Å²) in [5.41, 5.74) is -0.0459. The maximum absolute atomic E-state index is 13.6. The van der Waals surface area contributed by atoms with Crippen LogP contribution >= 0.6 is 0 Å². The molecule has 0 atom stereocenters. The van der Waals surface area contributed by atoms with Crippen molar-refractivity contribution in [3.63, 3.8) is 0 Å². The zero-order valence-corrected chi connectivity index (χ0v) is 11.2. The lowest BCUT2D eigenvalue weighted by molar-refractivity contribution is -0.120. The molecule has 1 aromatic carbocycles. The van der Waals surface area contributed by atoms with Gasteiger partial charge in [0.15, 0.2) is 0 Å². The first kappa shape index (κ1) is 15.8. The lowest BCUT2D eigenvalue weighted by atomic mass is 10.2. The molecule has 2 amide bonds. The predicted octanol–water partition coefficient (Wildman–Crippen LogP) is 2.01. The summed E-state index contributed by atoms with van der Waals surface area (Å²) in [7, 11) is 0. The quantitative estimate of drug-likeness (QED) is 0.811. The van der Waals surface area contributed by atoms with E-state index >= 15 is 0 Å². The van der Waals surface area contributed by atoms with E-state index in [1.165, 1.54) is 19.1 Å². The van der Waals surface area contributed by atoms with Crippen LogP contribution in [0.25, 0.3) is 0 Å². The number of hydrogen-bond donors (Lipinski definition) is 1. The highest BCUT2D eigenvalue weighted by atomic mass is 19.1. The van der Waals surface area contributed by atoms with Gasteiger partial charge >= 0.3 is 0 Å². The summed E-state index contributed by atoms with van der Waals surface area (Å²) in [6.07, 6.45) is 1.55. The summed E-state index contributed by atoms with van der Waals surface area (Å²) >= 11 is 0. The normalized spacial score (nSPS) is 9.95. The molecular weight excluding hydrogens is 266 g/mol. The summed E-state index contributed by atoms with van der Waals surface area (Å²) in [5.74, 6) is -2.27. The average molecular weight is 282 g/mol. The van der Waals surface area contributed by atoms with Gasteiger partial charge in [0.1, 0.15) is 11.6 Å². The number of nitrogens with zero attached hydrogens (tertiary/aromatic N) is 1. The van der Waals surface area contributed by atoms with Crippen molar-refractivity contribution in [2.75, 3.05) is 18.0 Å². The molecule has 0 aliphatic carbocycles. The van der Waals surface area contributed by atoms with Crippen LogP contribution in [0.1, 0.15) is 13.3 Å². The zero-order valence-electron chi connectivity index (χ0n) is 11.2. The summed E-state index contributed by atoms with van der Waals surface area (Å²) in [6, 6.07) is 2.93. The average Bonchev–Trinajstić information content (AvgIpc) is 2.38. The Kier molecular flexibility index (Phi) is 5.83. The monoisotopic (exact) mass is 282 g/mol. The number of anilines is 1. The molecule has 0 aliphatic rings. The van der Waals surface area contributed by atoms with Crippen molar-refractivity contribution in [1.82, 2.24) is 5.32 Å². The summed E-state index contributed by atoms with van der Waals surface area (Å²) in [4.78, 5) is 24.1. The molecule has 1 aromatic rings. The van der Waals surface area contributed by atoms with Crippen LogP contribution in [0.5, 0.6) is 0 Å². The van der Waals surface area contributed by atoms with Crippen molar-refractivity contribution >= 4 is 17.5 Å². The van der Waals surface area contributed by atoms with Crippen molar-refractivity contribution in [2.45, 2.75) is 13.3 Å². The van der Waals surface area contributed by atoms with Crippen LogP contribution in [0, 0.1) is 11.6 Å². The van der Waals surface area contributed by atoms with E-state index < -0.39 is 17.5 Å². The fraction of sp³-hybridized carbons (Fsp3) is 0.286. The van der Waals surface area contributed by atoms with Crippen molar-refractivity contribution in [3.8, 4) is 0 Å². The second-order valence-corrected chi connectivity index (χ2v) is 4.11. The molecule has 0 radical (unpaired) electrons. The fourth-order valence-electron chi connectivity index (χ4n) is 1.64. The molecule has 0 unspecified atom stereocenters. The highest BCUT2D eigenvalue weighted by molar-refractivity contribution is 5.92. The van der Waals surface area contributed by atoms with Crippen molar-refractivity contribution < 1.29 is 18.4 Å². The minimum atomic E-state index is -0.841. The Hall–Kier alpha value is -2.24. The molecule has 0 bridgehead atoms. The van der Waals surface area contributed by atoms with Gasteiger partial charge in [0.05, 0.1) is 5.69 Å². The van der Waals surface area contributed by atoms with Crippen LogP contribution in [0.4, 0.5) is 14.5 Å². The van der Waals surface area contributed by atoms with Gasteiger partial charge in [-0.15, -0.1) is 6.58 Å². The second kappa shape index (κ2) is 7.37. The SMILES string of the molecule is C=CCNC(=O)CCN(C(C)=O)c1ccc(F)cc1F. The Morgan fingerprint density at radius 2 is 2.10 bits per heavy atom. The molecule has 1 N–H and O–H groups in total. The molecule has 0 aliphatic heterocycles. The third-order valence-corrected chi connectivity index (χ3v) is 2.59. The van der Waals surface area contributed by atoms with E-state index in [9.17, 15) is 18.4 Å². The van der Waals surface area contributed by atoms with Gasteiger partial charge < -0.3 is 10.2 Å². The highest BCUT2D eigenvalue weighted by Gasteiger charge is 2.17. The molecule has 1 rings (SSSR count). The van der Waals surface area contributed by atoms with E-state index in [-0.39, 0.29) is 24.6 Å². The van der Waals surface area contributed by atoms with Crippen LogP contribution < -0.4 is 10.2 Å². The topological polar surface area (TPSA) is 49.4 Å². The summed E-state index contributed by atoms with van der Waals surface area (Å²) in [5, 5.41) is 2.55. The maximum atomic E-state index is 13.6. The third kappa shape index (κ3) is 4.46. The molecule has 0 saturated carbocycles. The minimum absolute atomic E-state index is 0.0147. The molecular formula is C14H16F2N2O2. The Balaban J connectivity index is 2.77. The predicted molar refractivity (Wildman–Crippen MR) is 72.2 cm³/mol. The van der Waals surface area contributed by atoms with Gasteiger partial charge in [-0.05, 0) is 12.1 Å². The molecule has 4 nitrogen and oxygen atoms in total. The summed E-state index contributed by atoms with van der Waals surface area (Å²) < 4.78 is 26.5. The van der Waals surface area contributed by atoms with Crippen LogP contribution in [0.15, 0.2) is 30.9 Å². The van der Waals surface area contributed by atoms with Crippen LogP contribution in [0.2, 0.25) is 0 Å². The van der Waals surface area contributed by atoms with Crippen molar-refractivity contribution in [1.29, 1.82) is 0 Å². The van der Waals surface area contributed by atoms with Crippen molar-refractivity contribution in [3.05, 3.63) is 42.5 Å². The van der Waals surface area contributed by atoms with E-state index in [2.05, 4.69) is 11.9 Å². The molecule has 20 heavy (non-hydrogen) atoms. The number of halogens is 2. The lowest BCUT2D eigenvalue weighted by Crippen LogP contribution is -2.34. The molecule has 0 spiro atoms. The molecule has 0 fully saturated rings. The Morgan fingerprint density at radius 1 is 1.40 bits per heavy atom. The maximum Gasteiger partial charge on any atom is 0.223 e. The number of nitrogens with one attached hydrogen (secondary N) is 1. The Bertz CT molecular complexity index is 518. The van der Waals surface area contributed by atoms with Crippen molar-refractivity contribution in [2.24, 2.45) is 0 Å². The third-order valence-electron chi connectivity index (χ3n) is 2.59. The number of hydrogen-bond acceptors (Lipinski definition) is 2. The molecule has 6 heteroatoms. The number of carbonyl (C=O) groups is 2. The Labute approximate surface area is 116 Å². The smallest absolute Gasteiger partial charge is 0.223 e. The van der Waals surface area contributed by atoms with E-state index in [4.69, 9.17) is 0 Å². The molecule has 0 aromatic heterocycles.